The molecule has 0 aliphatic carbocycles. The van der Waals surface area contributed by atoms with Crippen LogP contribution in [-0.2, 0) is 53.4 Å². The average molecular weight is 1470 g/mol. The number of phenols is 3. The van der Waals surface area contributed by atoms with Crippen molar-refractivity contribution in [2.45, 2.75) is 169 Å². The third kappa shape index (κ3) is 17.5. The lowest BCUT2D eigenvalue weighted by Crippen LogP contribution is -2.64. The number of benzene rings is 5. The Balaban J connectivity index is 1.30. The first kappa shape index (κ1) is 77.4. The largest absolute Gasteiger partial charge is 0.508 e. The molecule has 11 rings (SSSR count). The predicted molar refractivity (Wildman–Crippen MR) is 355 cm³/mol. The topological polar surface area (TPSA) is 534 Å². The second-order valence-corrected chi connectivity index (χ2v) is 26.9. The highest BCUT2D eigenvalue weighted by Gasteiger charge is 2.52. The summed E-state index contributed by atoms with van der Waals surface area (Å²) in [6.45, 7) is 6.70. The van der Waals surface area contributed by atoms with Gasteiger partial charge in [0.1, 0.15) is 95.0 Å². The summed E-state index contributed by atoms with van der Waals surface area (Å²) in [5.74, 6) is -13.2. The molecule has 35 heteroatoms. The molecule has 5 aromatic rings. The Bertz CT molecular complexity index is 3930. The molecule has 0 saturated carbocycles. The fourth-order valence-electron chi connectivity index (χ4n) is 12.2. The van der Waals surface area contributed by atoms with Crippen LogP contribution in [-0.4, -0.2) is 196 Å². The van der Waals surface area contributed by atoms with E-state index >= 15 is 14.4 Å². The van der Waals surface area contributed by atoms with E-state index in [1.165, 1.54) is 33.0 Å². The molecule has 0 spiro atoms. The number of phenolic OH excluding ortho intramolecular Hbond substituents is 3. The van der Waals surface area contributed by atoms with Gasteiger partial charge in [-0.15, -0.1) is 0 Å². The van der Waals surface area contributed by atoms with Gasteiger partial charge in [-0.1, -0.05) is 61.3 Å². The fourth-order valence-corrected chi connectivity index (χ4v) is 12.6. The molecule has 0 radical (unpaired) electrons. The smallest absolute Gasteiger partial charge is 0.248 e. The maximum Gasteiger partial charge on any atom is 0.248 e. The van der Waals surface area contributed by atoms with E-state index in [-0.39, 0.29) is 57.5 Å². The summed E-state index contributed by atoms with van der Waals surface area (Å²) in [7, 11) is 1.48. The summed E-state index contributed by atoms with van der Waals surface area (Å²) in [4.78, 5) is 104. The first-order valence-electron chi connectivity index (χ1n) is 32.0. The van der Waals surface area contributed by atoms with Crippen molar-refractivity contribution < 1.29 is 118 Å². The molecule has 6 aliphatic rings. The predicted octanol–water partition coefficient (Wildman–Crippen LogP) is -0.474. The third-order valence-corrected chi connectivity index (χ3v) is 18.3. The first-order valence-corrected chi connectivity index (χ1v) is 32.8. The quantitative estimate of drug-likeness (QED) is 0.0523. The monoisotopic (exact) mass is 1470 g/mol. The van der Waals surface area contributed by atoms with Crippen LogP contribution in [0.4, 0.5) is 0 Å². The molecule has 22 N–H and O–H groups in total. The van der Waals surface area contributed by atoms with Gasteiger partial charge in [-0.05, 0) is 129 Å². The van der Waals surface area contributed by atoms with Crippen molar-refractivity contribution in [3.05, 3.63) is 129 Å². The van der Waals surface area contributed by atoms with Gasteiger partial charge >= 0.3 is 0 Å². The number of nitrogens with two attached hydrogens (primary N) is 2. The average Bonchev–Trinajstić information content (AvgIpc) is 0.781. The number of fused-ring (bicyclic) bond motifs is 16. The summed E-state index contributed by atoms with van der Waals surface area (Å²) in [6, 6.07) is 2.48. The van der Waals surface area contributed by atoms with E-state index < -0.39 is 214 Å². The van der Waals surface area contributed by atoms with Gasteiger partial charge in [-0.25, -0.2) is 0 Å². The minimum Gasteiger partial charge on any atom is -0.508 e. The summed E-state index contributed by atoms with van der Waals surface area (Å²) < 4.78 is 38.4. The van der Waals surface area contributed by atoms with Gasteiger partial charge < -0.3 is 133 Å². The maximum atomic E-state index is 15.9. The van der Waals surface area contributed by atoms with Crippen LogP contribution in [0.1, 0.15) is 106 Å². The van der Waals surface area contributed by atoms with Crippen LogP contribution >= 0.6 is 23.2 Å². The van der Waals surface area contributed by atoms with E-state index in [2.05, 4.69) is 37.2 Å². The number of amides is 7. The van der Waals surface area contributed by atoms with Crippen LogP contribution in [0, 0.1) is 5.92 Å². The molecular formula is C67H81Cl2N9O24. The molecule has 6 heterocycles. The van der Waals surface area contributed by atoms with Crippen LogP contribution in [0.25, 0.3) is 0 Å². The maximum absolute atomic E-state index is 15.9. The van der Waals surface area contributed by atoms with Gasteiger partial charge in [0, 0.05) is 18.0 Å². The molecule has 2 saturated heterocycles. The zero-order valence-corrected chi connectivity index (χ0v) is 57.0. The van der Waals surface area contributed by atoms with Crippen molar-refractivity contribution in [2.75, 3.05) is 13.7 Å². The van der Waals surface area contributed by atoms with Crippen molar-refractivity contribution in [1.82, 2.24) is 37.2 Å². The van der Waals surface area contributed by atoms with E-state index in [0.717, 1.165) is 85.8 Å². The van der Waals surface area contributed by atoms with Gasteiger partial charge in [0.15, 0.2) is 30.2 Å². The molecule has 102 heavy (non-hydrogen) atoms. The van der Waals surface area contributed by atoms with E-state index in [0.29, 0.717) is 0 Å². The molecule has 6 aliphatic heterocycles. The third-order valence-electron chi connectivity index (χ3n) is 17.7. The number of aliphatic hydroxyl groups is 8. The number of hydrogen-bond acceptors (Lipinski definition) is 26. The van der Waals surface area contributed by atoms with Gasteiger partial charge in [0.25, 0.3) is 0 Å². The zero-order chi connectivity index (χ0) is 74.7. The Hall–Kier alpha value is -8.75. The van der Waals surface area contributed by atoms with Gasteiger partial charge in [-0.3, -0.25) is 33.6 Å². The summed E-state index contributed by atoms with van der Waals surface area (Å²) in [5.41, 5.74) is 6.75. The van der Waals surface area contributed by atoms with Gasteiger partial charge in [0.2, 0.25) is 53.4 Å². The Morgan fingerprint density at radius 1 is 0.725 bits per heavy atom. The van der Waals surface area contributed by atoms with Crippen molar-refractivity contribution >= 4 is 64.6 Å². The van der Waals surface area contributed by atoms with Crippen LogP contribution in [0.5, 0.6) is 46.0 Å². The zero-order valence-electron chi connectivity index (χ0n) is 55.5. The number of primary amides is 1. The van der Waals surface area contributed by atoms with E-state index in [1.807, 2.05) is 13.8 Å². The van der Waals surface area contributed by atoms with E-state index in [9.17, 15) is 75.3 Å². The molecule has 7 bridgehead atoms. The second kappa shape index (κ2) is 31.9. The number of halogens is 2. The molecule has 33 nitrogen and oxygen atoms in total. The van der Waals surface area contributed by atoms with Crippen LogP contribution in [0.3, 0.4) is 0 Å². The molecule has 552 valence electrons. The van der Waals surface area contributed by atoms with Gasteiger partial charge in [-0.2, -0.15) is 0 Å². The Morgan fingerprint density at radius 3 is 1.88 bits per heavy atom. The van der Waals surface area contributed by atoms with Crippen molar-refractivity contribution in [1.29, 1.82) is 0 Å². The molecule has 2 fully saturated rings. The normalized spacial score (nSPS) is 29.1. The first-order chi connectivity index (χ1) is 48.0. The van der Waals surface area contributed by atoms with Crippen LogP contribution in [0.15, 0.2) is 91.0 Å². The number of carbonyl (C=O) groups excluding carboxylic acids is 7. The highest BCUT2D eigenvalue weighted by atomic mass is 35.5. The Kier molecular flexibility index (Phi) is 24.2. The minimum absolute atomic E-state index is 0.0921. The van der Waals surface area contributed by atoms with Crippen molar-refractivity contribution in [2.24, 2.45) is 17.4 Å². The number of aliphatic hydroxyl groups excluding tert-OH is 6. The minimum atomic E-state index is -2.71. The molecule has 10 unspecified atom stereocenters. The number of rotatable bonds is 17. The standard InChI is InChI=1S/C67H81Cl2N9O24/c1-26(2)15-38(72-6)58(88)77-50-51(84)29-9-13-40(36(68)18-29)98-42-19-31-20-43(54(42)102-65-55(53(86)52(85)44(25-79)100-65)101-46-24-66(4,71)57(87)27(3)97-46)99-41-14-10-32(21-37(41)69)67(5,96)56(63(93)76-49(64(94)95)30-16-34(81)22-35(82)17-30)78-61(91)47(28-7-11-33(80)12-8-28)75-60(90)48(31)74-59(89)39(23-45(70)83)73-62(50)92/h7-14,16-22,26-27,38-39,44,46-53,55-57,64-65,72,79-82,84-87,94-96H,15,23-25,71H2,1-6H3,(H2,70,83)(H,73,92)(H,74,89)(H,75,90)(H,76,93)(H,77,88)(H,78,91)/t27?,38-,39+,44?,46?,47-,48-,49?,50-,51-,52?,53?,55?,56-,57?,65?,66?,67-/m1/s1. The molecule has 0 aromatic heterocycles. The highest BCUT2D eigenvalue weighted by Crippen LogP contribution is 2.49. The molecular weight excluding hydrogens is 1390 g/mol. The highest BCUT2D eigenvalue weighted by molar-refractivity contribution is 6.32. The second-order valence-electron chi connectivity index (χ2n) is 26.1. The van der Waals surface area contributed by atoms with Crippen LogP contribution in [0.2, 0.25) is 10.0 Å². The Labute approximate surface area is 592 Å². The fraction of sp³-hybridized carbons (Fsp3) is 0.448. The lowest BCUT2D eigenvalue weighted by molar-refractivity contribution is -0.333. The summed E-state index contributed by atoms with van der Waals surface area (Å²) in [5, 5.41) is 139. The summed E-state index contributed by atoms with van der Waals surface area (Å²) in [6.07, 6.45) is -18.8. The molecule has 18 atom stereocenters. The van der Waals surface area contributed by atoms with E-state index in [1.54, 1.807) is 0 Å². The molecule has 5 aromatic carbocycles. The SMILES string of the molecule is CN[C@H](CC(C)C)C(=O)N[C@H]1C(=O)N[C@@H](CC(N)=O)C(=O)N[C@H]2C(=O)N[C@H](c3ccc(O)cc3)C(=O)N[C@H](C(=O)NC(c3cc(O)cc(O)c3)C(O)O)[C@](C)(O)c3ccc(c(Cl)c3)Oc3cc2cc(c3OC2OC(CO)C(O)C(O)C2OC2CC(C)(N)C(O)C(C)O2)Oc2ccc(cc2Cl)[C@H]1O. The van der Waals surface area contributed by atoms with Crippen molar-refractivity contribution in [3.8, 4) is 46.0 Å². The number of aromatic hydroxyl groups is 3. The number of likely N-dealkylation sites (N-methyl/N-ethyl adjacent to an activating group) is 1. The van der Waals surface area contributed by atoms with Crippen molar-refractivity contribution in [3.63, 3.8) is 0 Å². The number of hydrogen-bond donors (Lipinski definition) is 20. The lowest BCUT2D eigenvalue weighted by atomic mass is 9.86. The van der Waals surface area contributed by atoms with E-state index in [4.69, 9.17) is 63.1 Å². The number of ether oxygens (including phenoxy) is 6. The number of carbonyl (C=O) groups is 7. The lowest BCUT2D eigenvalue weighted by Gasteiger charge is -2.47. The molecule has 7 amide bonds. The van der Waals surface area contributed by atoms with Gasteiger partial charge in [0.05, 0.1) is 41.3 Å². The van der Waals surface area contributed by atoms with Crippen LogP contribution < -0.4 is 62.9 Å². The summed E-state index contributed by atoms with van der Waals surface area (Å²) >= 11 is 14.2. The number of nitrogens with one attached hydrogen (secondary N) is 7. The Morgan fingerprint density at radius 2 is 1.31 bits per heavy atom.